The minimum absolute atomic E-state index is 0.0830. The lowest BCUT2D eigenvalue weighted by Gasteiger charge is -2.32. The Hall–Kier alpha value is -3.08. The average molecular weight is 432 g/mol. The molecule has 1 aromatic heterocycles. The van der Waals surface area contributed by atoms with Gasteiger partial charge in [0.15, 0.2) is 0 Å². The van der Waals surface area contributed by atoms with Crippen LogP contribution < -0.4 is 5.32 Å². The normalized spacial score (nSPS) is 17.3. The molecule has 0 bridgehead atoms. The third-order valence-corrected chi connectivity index (χ3v) is 6.53. The maximum atomic E-state index is 12.9. The third-order valence-electron chi connectivity index (χ3n) is 6.53. The molecule has 0 unspecified atom stereocenters. The van der Waals surface area contributed by atoms with E-state index in [0.29, 0.717) is 19.4 Å². The second-order valence-corrected chi connectivity index (χ2v) is 8.97. The first-order chi connectivity index (χ1) is 15.6. The van der Waals surface area contributed by atoms with Crippen molar-refractivity contribution in [3.8, 4) is 0 Å². The molecule has 1 aliphatic heterocycles. The summed E-state index contributed by atoms with van der Waals surface area (Å²) >= 11 is 0. The Kier molecular flexibility index (Phi) is 7.25. The van der Waals surface area contributed by atoms with E-state index in [2.05, 4.69) is 41.5 Å². The van der Waals surface area contributed by atoms with Crippen molar-refractivity contribution in [1.82, 2.24) is 15.2 Å². The fourth-order valence-corrected chi connectivity index (χ4v) is 4.62. The third kappa shape index (κ3) is 5.58. The van der Waals surface area contributed by atoms with Crippen LogP contribution in [0.15, 0.2) is 60.8 Å². The van der Waals surface area contributed by atoms with Crippen molar-refractivity contribution in [2.45, 2.75) is 51.5 Å². The molecule has 1 fully saturated rings. The highest BCUT2D eigenvalue weighted by Crippen LogP contribution is 2.21. The van der Waals surface area contributed by atoms with E-state index in [9.17, 15) is 9.59 Å². The predicted octanol–water partition coefficient (Wildman–Crippen LogP) is 4.48. The van der Waals surface area contributed by atoms with Crippen LogP contribution in [-0.4, -0.2) is 40.8 Å². The molecular weight excluding hydrogens is 398 g/mol. The molecular formula is C27H33N3O2. The SMILES string of the molecule is C[C@@H](CCc1ccccc1)NC(=O)[C@@H]1CCCN(C(=O)CCc2c[nH]c3ccccc23)C1. The highest BCUT2D eigenvalue weighted by molar-refractivity contribution is 5.84. The van der Waals surface area contributed by atoms with E-state index in [4.69, 9.17) is 0 Å². The summed E-state index contributed by atoms with van der Waals surface area (Å²) in [4.78, 5) is 30.8. The lowest BCUT2D eigenvalue weighted by Crippen LogP contribution is -2.47. The maximum Gasteiger partial charge on any atom is 0.225 e. The molecule has 2 N–H and O–H groups in total. The van der Waals surface area contributed by atoms with Gasteiger partial charge in [0.2, 0.25) is 11.8 Å². The molecule has 0 radical (unpaired) electrons. The average Bonchev–Trinajstić information content (AvgIpc) is 3.25. The molecule has 2 heterocycles. The number of hydrogen-bond acceptors (Lipinski definition) is 2. The Morgan fingerprint density at radius 3 is 2.72 bits per heavy atom. The van der Waals surface area contributed by atoms with E-state index < -0.39 is 0 Å². The fourth-order valence-electron chi connectivity index (χ4n) is 4.62. The summed E-state index contributed by atoms with van der Waals surface area (Å²) in [6, 6.07) is 18.6. The predicted molar refractivity (Wildman–Crippen MR) is 128 cm³/mol. The van der Waals surface area contributed by atoms with E-state index in [0.717, 1.165) is 37.7 Å². The number of piperidine rings is 1. The van der Waals surface area contributed by atoms with Crippen LogP contribution in [0.25, 0.3) is 10.9 Å². The Labute approximate surface area is 190 Å². The molecule has 0 aliphatic carbocycles. The topological polar surface area (TPSA) is 65.2 Å². The van der Waals surface area contributed by atoms with E-state index in [1.807, 2.05) is 41.4 Å². The first-order valence-corrected chi connectivity index (χ1v) is 11.8. The number of para-hydroxylation sites is 1. The largest absolute Gasteiger partial charge is 0.361 e. The number of aromatic amines is 1. The van der Waals surface area contributed by atoms with Gasteiger partial charge in [0, 0.05) is 42.7 Å². The second-order valence-electron chi connectivity index (χ2n) is 8.97. The van der Waals surface area contributed by atoms with Crippen LogP contribution >= 0.6 is 0 Å². The van der Waals surface area contributed by atoms with Gasteiger partial charge in [-0.3, -0.25) is 9.59 Å². The van der Waals surface area contributed by atoms with Crippen molar-refractivity contribution < 1.29 is 9.59 Å². The number of nitrogens with one attached hydrogen (secondary N) is 2. The Morgan fingerprint density at radius 1 is 1.09 bits per heavy atom. The number of H-pyrrole nitrogens is 1. The minimum atomic E-state index is -0.111. The van der Waals surface area contributed by atoms with Crippen molar-refractivity contribution in [1.29, 1.82) is 0 Å². The van der Waals surface area contributed by atoms with Crippen LogP contribution in [0.1, 0.15) is 43.7 Å². The molecule has 5 heteroatoms. The van der Waals surface area contributed by atoms with Gasteiger partial charge in [-0.15, -0.1) is 0 Å². The lowest BCUT2D eigenvalue weighted by atomic mass is 9.95. The van der Waals surface area contributed by atoms with Crippen molar-refractivity contribution in [3.05, 3.63) is 71.9 Å². The number of amides is 2. The highest BCUT2D eigenvalue weighted by atomic mass is 16.2. The first-order valence-electron chi connectivity index (χ1n) is 11.8. The monoisotopic (exact) mass is 431 g/mol. The summed E-state index contributed by atoms with van der Waals surface area (Å²) in [7, 11) is 0. The Bertz CT molecular complexity index is 1040. The van der Waals surface area contributed by atoms with Crippen molar-refractivity contribution >= 4 is 22.7 Å². The zero-order valence-electron chi connectivity index (χ0n) is 18.8. The standard InChI is InChI=1S/C27H33N3O2/c1-20(13-14-21-8-3-2-4-9-21)29-27(32)23-10-7-17-30(19-23)26(31)16-15-22-18-28-25-12-6-5-11-24(22)25/h2-6,8-9,11-12,18,20,23,28H,7,10,13-17,19H2,1H3,(H,29,32)/t20-,23+/m0/s1. The Morgan fingerprint density at radius 2 is 1.88 bits per heavy atom. The Balaban J connectivity index is 1.24. The van der Waals surface area contributed by atoms with Crippen LogP contribution in [-0.2, 0) is 22.4 Å². The number of likely N-dealkylation sites (tertiary alicyclic amines) is 1. The van der Waals surface area contributed by atoms with Gasteiger partial charge in [-0.25, -0.2) is 0 Å². The van der Waals surface area contributed by atoms with E-state index >= 15 is 0 Å². The summed E-state index contributed by atoms with van der Waals surface area (Å²) < 4.78 is 0. The number of carbonyl (C=O) groups excluding carboxylic acids is 2. The van der Waals surface area contributed by atoms with Gasteiger partial charge in [0.25, 0.3) is 0 Å². The van der Waals surface area contributed by atoms with Crippen LogP contribution in [0, 0.1) is 5.92 Å². The number of aryl methyl sites for hydroxylation is 2. The molecule has 3 aromatic rings. The summed E-state index contributed by atoms with van der Waals surface area (Å²) in [6.07, 6.45) is 6.79. The first kappa shape index (κ1) is 22.1. The van der Waals surface area contributed by atoms with E-state index in [1.54, 1.807) is 0 Å². The summed E-state index contributed by atoms with van der Waals surface area (Å²) in [5.41, 5.74) is 3.57. The summed E-state index contributed by atoms with van der Waals surface area (Å²) in [5, 5.41) is 4.35. The molecule has 32 heavy (non-hydrogen) atoms. The van der Waals surface area contributed by atoms with Gasteiger partial charge < -0.3 is 15.2 Å². The zero-order valence-corrected chi connectivity index (χ0v) is 18.8. The molecule has 2 amide bonds. The second kappa shape index (κ2) is 10.5. The van der Waals surface area contributed by atoms with Crippen molar-refractivity contribution in [2.24, 2.45) is 5.92 Å². The number of benzene rings is 2. The van der Waals surface area contributed by atoms with Gasteiger partial charge in [-0.2, -0.15) is 0 Å². The number of rotatable bonds is 8. The molecule has 2 atom stereocenters. The highest BCUT2D eigenvalue weighted by Gasteiger charge is 2.28. The van der Waals surface area contributed by atoms with Gasteiger partial charge in [0.1, 0.15) is 0 Å². The molecule has 0 saturated carbocycles. The number of aromatic nitrogens is 1. The van der Waals surface area contributed by atoms with Crippen LogP contribution in [0.3, 0.4) is 0 Å². The number of carbonyl (C=O) groups is 2. The van der Waals surface area contributed by atoms with Gasteiger partial charge in [-0.05, 0) is 56.2 Å². The maximum absolute atomic E-state index is 12.9. The minimum Gasteiger partial charge on any atom is -0.361 e. The number of fused-ring (bicyclic) bond motifs is 1. The smallest absolute Gasteiger partial charge is 0.225 e. The lowest BCUT2D eigenvalue weighted by molar-refractivity contribution is -0.135. The molecule has 5 nitrogen and oxygen atoms in total. The van der Waals surface area contributed by atoms with Crippen LogP contribution in [0.2, 0.25) is 0 Å². The molecule has 4 rings (SSSR count). The molecule has 0 spiro atoms. The molecule has 1 aliphatic rings. The summed E-state index contributed by atoms with van der Waals surface area (Å²) in [6.45, 7) is 3.35. The summed E-state index contributed by atoms with van der Waals surface area (Å²) in [5.74, 6) is 0.115. The molecule has 168 valence electrons. The van der Waals surface area contributed by atoms with Crippen LogP contribution in [0.5, 0.6) is 0 Å². The van der Waals surface area contributed by atoms with Gasteiger partial charge >= 0.3 is 0 Å². The van der Waals surface area contributed by atoms with E-state index in [-0.39, 0.29) is 23.8 Å². The van der Waals surface area contributed by atoms with Crippen molar-refractivity contribution in [3.63, 3.8) is 0 Å². The quantitative estimate of drug-likeness (QED) is 0.552. The van der Waals surface area contributed by atoms with Crippen LogP contribution in [0.4, 0.5) is 0 Å². The molecule has 2 aromatic carbocycles. The number of hydrogen-bond donors (Lipinski definition) is 2. The van der Waals surface area contributed by atoms with Gasteiger partial charge in [-0.1, -0.05) is 48.5 Å². The number of nitrogens with zero attached hydrogens (tertiary/aromatic N) is 1. The fraction of sp³-hybridized carbons (Fsp3) is 0.407. The molecule has 1 saturated heterocycles. The van der Waals surface area contributed by atoms with Crippen molar-refractivity contribution in [2.75, 3.05) is 13.1 Å². The zero-order chi connectivity index (χ0) is 22.3. The van der Waals surface area contributed by atoms with E-state index in [1.165, 1.54) is 16.5 Å². The van der Waals surface area contributed by atoms with Gasteiger partial charge in [0.05, 0.1) is 5.92 Å².